The molecule has 2 aromatic heterocycles. The number of pyridine rings is 1. The first-order valence-electron chi connectivity index (χ1n) is 7.31. The van der Waals surface area contributed by atoms with Crippen molar-refractivity contribution < 1.29 is 9.90 Å². The van der Waals surface area contributed by atoms with E-state index in [0.717, 1.165) is 6.08 Å². The minimum absolute atomic E-state index is 0.110. The van der Waals surface area contributed by atoms with Gasteiger partial charge in [0.05, 0.1) is 18.1 Å². The number of nitrogens with zero attached hydrogens (tertiary/aromatic N) is 4. The average molecular weight is 347 g/mol. The second-order valence-electron chi connectivity index (χ2n) is 5.07. The summed E-state index contributed by atoms with van der Waals surface area (Å²) in [6, 6.07) is 3.57. The standard InChI is InChI=1S/C16H18ClN5O2/c1-3-21(15(24)8-13(23)7-11(2)18)14-10-22(20-16(14)17)12-5-4-6-19-9-12/h4-7,9-10,18,23H,3,8H2,1-2H3/p-1/b13-7-,18-11?. The van der Waals surface area contributed by atoms with Gasteiger partial charge in [-0.15, -0.1) is 5.76 Å². The Balaban J connectivity index is 2.26. The van der Waals surface area contributed by atoms with Gasteiger partial charge < -0.3 is 15.4 Å². The molecule has 1 N–H and O–H groups in total. The zero-order chi connectivity index (χ0) is 17.7. The number of halogens is 1. The second-order valence-corrected chi connectivity index (χ2v) is 5.43. The lowest BCUT2D eigenvalue weighted by Gasteiger charge is -2.21. The fourth-order valence-corrected chi connectivity index (χ4v) is 2.40. The van der Waals surface area contributed by atoms with Crippen molar-refractivity contribution in [1.29, 1.82) is 5.41 Å². The third-order valence-electron chi connectivity index (χ3n) is 3.17. The molecule has 0 saturated carbocycles. The highest BCUT2D eigenvalue weighted by Crippen LogP contribution is 2.26. The monoisotopic (exact) mass is 346 g/mol. The van der Waals surface area contributed by atoms with Crippen LogP contribution in [0, 0.1) is 5.41 Å². The van der Waals surface area contributed by atoms with Gasteiger partial charge in [-0.2, -0.15) is 5.10 Å². The minimum Gasteiger partial charge on any atom is -0.875 e. The van der Waals surface area contributed by atoms with Crippen molar-refractivity contribution in [2.24, 2.45) is 0 Å². The number of anilines is 1. The predicted molar refractivity (Wildman–Crippen MR) is 90.5 cm³/mol. The normalized spacial score (nSPS) is 11.4. The van der Waals surface area contributed by atoms with E-state index in [-0.39, 0.29) is 17.3 Å². The third kappa shape index (κ3) is 4.20. The maximum atomic E-state index is 12.4. The molecule has 0 radical (unpaired) electrons. The first-order valence-corrected chi connectivity index (χ1v) is 7.68. The minimum atomic E-state index is -0.415. The topological polar surface area (TPSA) is 97.9 Å². The average Bonchev–Trinajstić information content (AvgIpc) is 2.90. The number of rotatable bonds is 6. The van der Waals surface area contributed by atoms with E-state index in [1.165, 1.54) is 16.5 Å². The Labute approximate surface area is 144 Å². The SMILES string of the molecule is CCN(C(=O)C/C([O-])=C/C(C)=N)c1cn(-c2cccnc2)nc1Cl. The fourth-order valence-electron chi connectivity index (χ4n) is 2.16. The number of hydrogen-bond acceptors (Lipinski definition) is 5. The molecular weight excluding hydrogens is 330 g/mol. The van der Waals surface area contributed by atoms with E-state index in [2.05, 4.69) is 10.1 Å². The molecule has 0 aliphatic rings. The molecule has 0 spiro atoms. The van der Waals surface area contributed by atoms with Crippen molar-refractivity contribution >= 4 is 28.9 Å². The van der Waals surface area contributed by atoms with Gasteiger partial charge in [-0.1, -0.05) is 17.7 Å². The Morgan fingerprint density at radius 1 is 1.54 bits per heavy atom. The summed E-state index contributed by atoms with van der Waals surface area (Å²) in [5.74, 6) is -0.811. The molecule has 2 heterocycles. The van der Waals surface area contributed by atoms with Crippen LogP contribution >= 0.6 is 11.6 Å². The van der Waals surface area contributed by atoms with Crippen molar-refractivity contribution in [3.8, 4) is 5.69 Å². The Hall–Kier alpha value is -2.67. The Bertz CT molecular complexity index is 770. The van der Waals surface area contributed by atoms with Gasteiger partial charge in [-0.25, -0.2) is 4.68 Å². The Kier molecular flexibility index (Phi) is 5.70. The summed E-state index contributed by atoms with van der Waals surface area (Å²) < 4.78 is 1.52. The molecule has 0 atom stereocenters. The smallest absolute Gasteiger partial charge is 0.230 e. The van der Waals surface area contributed by atoms with Crippen molar-refractivity contribution in [3.63, 3.8) is 0 Å². The van der Waals surface area contributed by atoms with E-state index in [9.17, 15) is 9.90 Å². The molecule has 7 nitrogen and oxygen atoms in total. The van der Waals surface area contributed by atoms with E-state index < -0.39 is 11.7 Å². The molecule has 0 unspecified atom stereocenters. The molecule has 2 aromatic rings. The van der Waals surface area contributed by atoms with Gasteiger partial charge >= 0.3 is 0 Å². The maximum absolute atomic E-state index is 12.4. The highest BCUT2D eigenvalue weighted by atomic mass is 35.5. The number of aromatic nitrogens is 3. The molecule has 0 fully saturated rings. The van der Waals surface area contributed by atoms with Gasteiger partial charge in [0.25, 0.3) is 0 Å². The van der Waals surface area contributed by atoms with Gasteiger partial charge in [-0.3, -0.25) is 9.78 Å². The van der Waals surface area contributed by atoms with E-state index in [4.69, 9.17) is 17.0 Å². The molecule has 1 amide bonds. The first-order chi connectivity index (χ1) is 11.4. The van der Waals surface area contributed by atoms with Gasteiger partial charge in [0.15, 0.2) is 5.15 Å². The molecule has 0 aromatic carbocycles. The molecule has 0 aliphatic heterocycles. The van der Waals surface area contributed by atoms with Crippen LogP contribution < -0.4 is 10.0 Å². The Morgan fingerprint density at radius 3 is 2.88 bits per heavy atom. The van der Waals surface area contributed by atoms with Gasteiger partial charge in [0.1, 0.15) is 5.69 Å². The number of carbonyl (C=O) groups excluding carboxylic acids is 1. The van der Waals surface area contributed by atoms with Crippen LogP contribution in [-0.2, 0) is 4.79 Å². The highest BCUT2D eigenvalue weighted by Gasteiger charge is 2.19. The summed E-state index contributed by atoms with van der Waals surface area (Å²) in [4.78, 5) is 17.8. The van der Waals surface area contributed by atoms with Crippen LogP contribution in [0.25, 0.3) is 5.69 Å². The van der Waals surface area contributed by atoms with Crippen LogP contribution in [0.4, 0.5) is 5.69 Å². The zero-order valence-electron chi connectivity index (χ0n) is 13.4. The highest BCUT2D eigenvalue weighted by molar-refractivity contribution is 6.32. The van der Waals surface area contributed by atoms with Crippen LogP contribution in [-0.4, -0.2) is 32.9 Å². The van der Waals surface area contributed by atoms with Crippen molar-refractivity contribution in [2.75, 3.05) is 11.4 Å². The number of allylic oxidation sites excluding steroid dienone is 1. The van der Waals surface area contributed by atoms with Gasteiger partial charge in [0, 0.05) is 24.9 Å². The van der Waals surface area contributed by atoms with E-state index in [1.807, 2.05) is 6.07 Å². The van der Waals surface area contributed by atoms with E-state index in [1.54, 1.807) is 31.6 Å². The maximum Gasteiger partial charge on any atom is 0.230 e. The van der Waals surface area contributed by atoms with Crippen LogP contribution in [0.3, 0.4) is 0 Å². The lowest BCUT2D eigenvalue weighted by molar-refractivity contribution is -0.304. The summed E-state index contributed by atoms with van der Waals surface area (Å²) in [6.07, 6.45) is 5.70. The molecule has 24 heavy (non-hydrogen) atoms. The molecule has 2 rings (SSSR count). The molecule has 126 valence electrons. The number of hydrogen-bond donors (Lipinski definition) is 1. The second kappa shape index (κ2) is 7.74. The largest absolute Gasteiger partial charge is 0.875 e. The van der Waals surface area contributed by atoms with E-state index >= 15 is 0 Å². The number of amides is 1. The summed E-state index contributed by atoms with van der Waals surface area (Å²) in [5.41, 5.74) is 1.24. The predicted octanol–water partition coefficient (Wildman–Crippen LogP) is 1.95. The van der Waals surface area contributed by atoms with E-state index in [0.29, 0.717) is 17.9 Å². The summed E-state index contributed by atoms with van der Waals surface area (Å²) in [5, 5.41) is 23.3. The molecule has 0 saturated heterocycles. The van der Waals surface area contributed by atoms with Crippen LogP contribution in [0.2, 0.25) is 5.15 Å². The molecule has 0 aliphatic carbocycles. The zero-order valence-corrected chi connectivity index (χ0v) is 14.1. The van der Waals surface area contributed by atoms with Crippen LogP contribution in [0.5, 0.6) is 0 Å². The lowest BCUT2D eigenvalue weighted by atomic mass is 10.2. The van der Waals surface area contributed by atoms with Crippen LogP contribution in [0.1, 0.15) is 20.3 Å². The Morgan fingerprint density at radius 2 is 2.29 bits per heavy atom. The number of carbonyl (C=O) groups is 1. The lowest BCUT2D eigenvalue weighted by Crippen LogP contribution is -2.32. The third-order valence-corrected chi connectivity index (χ3v) is 3.44. The summed E-state index contributed by atoms with van der Waals surface area (Å²) in [7, 11) is 0. The van der Waals surface area contributed by atoms with Gasteiger partial charge in [-0.05, 0) is 26.0 Å². The first kappa shape index (κ1) is 17.7. The number of nitrogens with one attached hydrogen (secondary N) is 1. The molecule has 8 heteroatoms. The summed E-state index contributed by atoms with van der Waals surface area (Å²) in [6.45, 7) is 3.61. The van der Waals surface area contributed by atoms with Gasteiger partial charge in [0.2, 0.25) is 5.91 Å². The molecule has 0 bridgehead atoms. The molecular formula is C16H17ClN5O2-. The summed E-state index contributed by atoms with van der Waals surface area (Å²) >= 11 is 6.16. The van der Waals surface area contributed by atoms with Crippen molar-refractivity contribution in [3.05, 3.63) is 47.7 Å². The fraction of sp³-hybridized carbons (Fsp3) is 0.250. The van der Waals surface area contributed by atoms with Crippen molar-refractivity contribution in [2.45, 2.75) is 20.3 Å². The quantitative estimate of drug-likeness (QED) is 0.638. The van der Waals surface area contributed by atoms with Crippen molar-refractivity contribution in [1.82, 2.24) is 14.8 Å². The van der Waals surface area contributed by atoms with Crippen LogP contribution in [0.15, 0.2) is 42.6 Å².